The van der Waals surface area contributed by atoms with E-state index in [1.807, 2.05) is 18.7 Å². The van der Waals surface area contributed by atoms with Crippen LogP contribution in [-0.4, -0.2) is 56.4 Å². The van der Waals surface area contributed by atoms with Crippen LogP contribution in [0.5, 0.6) is 0 Å². The number of rotatable bonds is 9. The van der Waals surface area contributed by atoms with Crippen LogP contribution < -0.4 is 5.73 Å². The molecule has 0 heterocycles. The maximum absolute atomic E-state index is 12.7. The zero-order chi connectivity index (χ0) is 15.7. The Hall–Kier alpha value is -0.650. The van der Waals surface area contributed by atoms with Crippen molar-refractivity contribution in [3.05, 3.63) is 0 Å². The van der Waals surface area contributed by atoms with Gasteiger partial charge in [0.2, 0.25) is 5.91 Å². The van der Waals surface area contributed by atoms with E-state index in [9.17, 15) is 4.79 Å². The Balaban J connectivity index is 2.51. The minimum absolute atomic E-state index is 0.0689. The highest BCUT2D eigenvalue weighted by molar-refractivity contribution is 5.79. The normalized spacial score (nSPS) is 25.8. The van der Waals surface area contributed by atoms with Gasteiger partial charge in [0.15, 0.2) is 0 Å². The van der Waals surface area contributed by atoms with Crippen molar-refractivity contribution < 1.29 is 14.3 Å². The van der Waals surface area contributed by atoms with Crippen molar-refractivity contribution in [1.82, 2.24) is 4.90 Å². The minimum Gasteiger partial charge on any atom is -0.380 e. The summed E-state index contributed by atoms with van der Waals surface area (Å²) in [6.45, 7) is 9.92. The number of carbonyl (C=O) groups is 1. The zero-order valence-electron chi connectivity index (χ0n) is 13.8. The lowest BCUT2D eigenvalue weighted by Crippen LogP contribution is -2.45. The number of amides is 1. The largest absolute Gasteiger partial charge is 0.380 e. The molecule has 0 saturated heterocycles. The predicted molar refractivity (Wildman–Crippen MR) is 84.0 cm³/mol. The molecule has 1 rings (SSSR count). The summed E-state index contributed by atoms with van der Waals surface area (Å²) in [5, 5.41) is 0. The van der Waals surface area contributed by atoms with E-state index in [4.69, 9.17) is 15.2 Å². The SMILES string of the molecule is CCOCCN(CCOCC)C(=O)C1CCC(C)C(N)C1. The van der Waals surface area contributed by atoms with Gasteiger partial charge in [-0.2, -0.15) is 0 Å². The number of hydrogen-bond acceptors (Lipinski definition) is 4. The van der Waals surface area contributed by atoms with Crippen molar-refractivity contribution in [3.63, 3.8) is 0 Å². The number of nitrogens with zero attached hydrogens (tertiary/aromatic N) is 1. The van der Waals surface area contributed by atoms with E-state index in [-0.39, 0.29) is 17.9 Å². The standard InChI is InChI=1S/C16H32N2O3/c1-4-20-10-8-18(9-11-21-5-2)16(19)14-7-6-13(3)15(17)12-14/h13-15H,4-12,17H2,1-3H3. The third-order valence-electron chi connectivity index (χ3n) is 4.34. The number of ether oxygens (including phenoxy) is 2. The Morgan fingerprint density at radius 1 is 1.14 bits per heavy atom. The lowest BCUT2D eigenvalue weighted by atomic mass is 9.79. The smallest absolute Gasteiger partial charge is 0.225 e. The third-order valence-corrected chi connectivity index (χ3v) is 4.34. The van der Waals surface area contributed by atoms with E-state index >= 15 is 0 Å². The molecule has 1 saturated carbocycles. The molecule has 0 aromatic heterocycles. The Kier molecular flexibility index (Phi) is 8.88. The molecule has 0 spiro atoms. The molecule has 0 aromatic carbocycles. The Bertz CT molecular complexity index is 289. The molecule has 1 aliphatic rings. The zero-order valence-corrected chi connectivity index (χ0v) is 13.8. The summed E-state index contributed by atoms with van der Waals surface area (Å²) in [5.41, 5.74) is 6.13. The number of carbonyl (C=O) groups excluding carboxylic acids is 1. The molecule has 1 amide bonds. The topological polar surface area (TPSA) is 64.8 Å². The van der Waals surface area contributed by atoms with Gasteiger partial charge in [-0.25, -0.2) is 0 Å². The van der Waals surface area contributed by atoms with Crippen LogP contribution in [0.25, 0.3) is 0 Å². The average Bonchev–Trinajstić information content (AvgIpc) is 2.48. The molecule has 0 bridgehead atoms. The summed E-state index contributed by atoms with van der Waals surface area (Å²) >= 11 is 0. The average molecular weight is 300 g/mol. The third kappa shape index (κ3) is 6.32. The van der Waals surface area contributed by atoms with Crippen LogP contribution >= 0.6 is 0 Å². The van der Waals surface area contributed by atoms with Crippen LogP contribution in [0.3, 0.4) is 0 Å². The molecule has 1 fully saturated rings. The quantitative estimate of drug-likeness (QED) is 0.658. The Morgan fingerprint density at radius 2 is 1.71 bits per heavy atom. The fourth-order valence-corrected chi connectivity index (χ4v) is 2.81. The molecular weight excluding hydrogens is 268 g/mol. The highest BCUT2D eigenvalue weighted by atomic mass is 16.5. The molecule has 0 aliphatic heterocycles. The molecule has 124 valence electrons. The van der Waals surface area contributed by atoms with Gasteiger partial charge in [0, 0.05) is 38.3 Å². The maximum atomic E-state index is 12.7. The predicted octanol–water partition coefficient (Wildman–Crippen LogP) is 1.65. The molecule has 2 N–H and O–H groups in total. The molecule has 0 radical (unpaired) electrons. The first-order chi connectivity index (χ1) is 10.1. The van der Waals surface area contributed by atoms with E-state index < -0.39 is 0 Å². The molecule has 0 aromatic rings. The summed E-state index contributed by atoms with van der Waals surface area (Å²) in [6, 6.07) is 0.147. The van der Waals surface area contributed by atoms with Gasteiger partial charge in [0.05, 0.1) is 13.2 Å². The van der Waals surface area contributed by atoms with E-state index in [1.165, 1.54) is 0 Å². The summed E-state index contributed by atoms with van der Waals surface area (Å²) < 4.78 is 10.8. The second kappa shape index (κ2) is 10.1. The van der Waals surface area contributed by atoms with Gasteiger partial charge < -0.3 is 20.1 Å². The van der Waals surface area contributed by atoms with E-state index in [1.54, 1.807) is 0 Å². The van der Waals surface area contributed by atoms with Crippen LogP contribution in [-0.2, 0) is 14.3 Å². The molecule has 3 unspecified atom stereocenters. The van der Waals surface area contributed by atoms with Crippen LogP contribution in [0, 0.1) is 11.8 Å². The van der Waals surface area contributed by atoms with Crippen LogP contribution in [0.4, 0.5) is 0 Å². The highest BCUT2D eigenvalue weighted by Crippen LogP contribution is 2.29. The van der Waals surface area contributed by atoms with Crippen LogP contribution in [0.15, 0.2) is 0 Å². The van der Waals surface area contributed by atoms with Gasteiger partial charge in [-0.3, -0.25) is 4.79 Å². The minimum atomic E-state index is 0.0689. The van der Waals surface area contributed by atoms with Crippen molar-refractivity contribution in [1.29, 1.82) is 0 Å². The van der Waals surface area contributed by atoms with E-state index in [0.717, 1.165) is 19.3 Å². The molecule has 5 nitrogen and oxygen atoms in total. The van der Waals surface area contributed by atoms with Gasteiger partial charge in [-0.15, -0.1) is 0 Å². The van der Waals surface area contributed by atoms with Crippen LogP contribution in [0.1, 0.15) is 40.0 Å². The fraction of sp³-hybridized carbons (Fsp3) is 0.938. The molecular formula is C16H32N2O3. The maximum Gasteiger partial charge on any atom is 0.225 e. The lowest BCUT2D eigenvalue weighted by molar-refractivity contribution is -0.138. The second-order valence-corrected chi connectivity index (χ2v) is 5.87. The van der Waals surface area contributed by atoms with Gasteiger partial charge in [0.25, 0.3) is 0 Å². The number of hydrogen-bond donors (Lipinski definition) is 1. The summed E-state index contributed by atoms with van der Waals surface area (Å²) in [6.07, 6.45) is 2.80. The Labute approximate surface area is 129 Å². The number of nitrogens with two attached hydrogens (primary N) is 1. The van der Waals surface area contributed by atoms with E-state index in [2.05, 4.69) is 6.92 Å². The monoisotopic (exact) mass is 300 g/mol. The second-order valence-electron chi connectivity index (χ2n) is 5.87. The highest BCUT2D eigenvalue weighted by Gasteiger charge is 2.31. The summed E-state index contributed by atoms with van der Waals surface area (Å²) in [4.78, 5) is 14.6. The van der Waals surface area contributed by atoms with Gasteiger partial charge in [-0.1, -0.05) is 6.92 Å². The first kappa shape index (κ1) is 18.4. The summed E-state index contributed by atoms with van der Waals surface area (Å²) in [5.74, 6) is 0.811. The van der Waals surface area contributed by atoms with Crippen LogP contribution in [0.2, 0.25) is 0 Å². The van der Waals surface area contributed by atoms with Crippen molar-refractivity contribution in [2.45, 2.75) is 46.1 Å². The lowest BCUT2D eigenvalue weighted by Gasteiger charge is -2.34. The van der Waals surface area contributed by atoms with Gasteiger partial charge >= 0.3 is 0 Å². The summed E-state index contributed by atoms with van der Waals surface area (Å²) in [7, 11) is 0. The van der Waals surface area contributed by atoms with Gasteiger partial charge in [-0.05, 0) is 39.0 Å². The first-order valence-electron chi connectivity index (χ1n) is 8.29. The van der Waals surface area contributed by atoms with Crippen molar-refractivity contribution in [2.24, 2.45) is 17.6 Å². The molecule has 1 aliphatic carbocycles. The van der Waals surface area contributed by atoms with Crippen molar-refractivity contribution >= 4 is 5.91 Å². The van der Waals surface area contributed by atoms with Crippen molar-refractivity contribution in [3.8, 4) is 0 Å². The molecule has 3 atom stereocenters. The first-order valence-corrected chi connectivity index (χ1v) is 8.29. The molecule has 5 heteroatoms. The van der Waals surface area contributed by atoms with E-state index in [0.29, 0.717) is 45.4 Å². The van der Waals surface area contributed by atoms with Crippen molar-refractivity contribution in [2.75, 3.05) is 39.5 Å². The molecule has 21 heavy (non-hydrogen) atoms. The van der Waals surface area contributed by atoms with Gasteiger partial charge in [0.1, 0.15) is 0 Å². The Morgan fingerprint density at radius 3 is 2.19 bits per heavy atom. The fourth-order valence-electron chi connectivity index (χ4n) is 2.81.